The summed E-state index contributed by atoms with van der Waals surface area (Å²) in [4.78, 5) is 22.6. The van der Waals surface area contributed by atoms with Gasteiger partial charge in [0.25, 0.3) is 0 Å². The van der Waals surface area contributed by atoms with Crippen LogP contribution in [0.25, 0.3) is 0 Å². The Morgan fingerprint density at radius 3 is 2.39 bits per heavy atom. The second kappa shape index (κ2) is 5.44. The molecule has 1 aromatic carbocycles. The molecule has 98 valence electrons. The van der Waals surface area contributed by atoms with E-state index in [2.05, 4.69) is 9.47 Å². The van der Waals surface area contributed by atoms with Gasteiger partial charge in [0.2, 0.25) is 0 Å². The average molecular weight is 259 g/mol. The lowest BCUT2D eigenvalue weighted by molar-refractivity contribution is -0.149. The highest BCUT2D eigenvalue weighted by atomic mass is 19.2. The van der Waals surface area contributed by atoms with Gasteiger partial charge in [0.05, 0.1) is 12.7 Å². The van der Waals surface area contributed by atoms with Crippen molar-refractivity contribution in [2.75, 3.05) is 12.8 Å². The van der Waals surface area contributed by atoms with Crippen LogP contribution in [0.2, 0.25) is 0 Å². The number of methoxy groups -OCH3 is 1. The fraction of sp³-hybridized carbons (Fsp3) is 0.273. The number of nitrogen functional groups attached to an aromatic ring is 1. The number of benzene rings is 1. The molecule has 0 aliphatic heterocycles. The van der Waals surface area contributed by atoms with Crippen LogP contribution in [0.3, 0.4) is 0 Å². The Morgan fingerprint density at radius 1 is 1.28 bits per heavy atom. The Bertz CT molecular complexity index is 490. The van der Waals surface area contributed by atoms with Crippen LogP contribution in [0.5, 0.6) is 0 Å². The van der Waals surface area contributed by atoms with Gasteiger partial charge in [0.15, 0.2) is 17.7 Å². The van der Waals surface area contributed by atoms with E-state index in [0.717, 1.165) is 7.11 Å². The van der Waals surface area contributed by atoms with E-state index in [9.17, 15) is 18.4 Å². The molecule has 1 rings (SSSR count). The van der Waals surface area contributed by atoms with Gasteiger partial charge in [-0.15, -0.1) is 0 Å². The third-order valence-electron chi connectivity index (χ3n) is 2.13. The highest BCUT2D eigenvalue weighted by Gasteiger charge is 2.22. The third-order valence-corrected chi connectivity index (χ3v) is 2.13. The molecule has 0 aromatic heterocycles. The van der Waals surface area contributed by atoms with Crippen molar-refractivity contribution in [1.29, 1.82) is 0 Å². The molecule has 0 bridgehead atoms. The smallest absolute Gasteiger partial charge is 0.346 e. The van der Waals surface area contributed by atoms with Crippen LogP contribution < -0.4 is 5.73 Å². The maximum atomic E-state index is 13.0. The van der Waals surface area contributed by atoms with Crippen molar-refractivity contribution in [2.24, 2.45) is 0 Å². The van der Waals surface area contributed by atoms with E-state index in [1.807, 2.05) is 0 Å². The number of nitrogens with two attached hydrogens (primary N) is 1. The predicted octanol–water partition coefficient (Wildman–Crippen LogP) is 1.27. The number of hydrogen-bond donors (Lipinski definition) is 1. The molecule has 0 spiro atoms. The summed E-state index contributed by atoms with van der Waals surface area (Å²) in [5, 5.41) is 0. The van der Waals surface area contributed by atoms with Gasteiger partial charge in [0, 0.05) is 11.8 Å². The molecular formula is C11H11F2NO4. The minimum atomic E-state index is -1.23. The van der Waals surface area contributed by atoms with E-state index in [1.54, 1.807) is 0 Å². The van der Waals surface area contributed by atoms with Crippen LogP contribution in [0, 0.1) is 11.6 Å². The molecule has 0 heterocycles. The van der Waals surface area contributed by atoms with Gasteiger partial charge in [0.1, 0.15) is 0 Å². The first kappa shape index (κ1) is 13.9. The molecule has 1 unspecified atom stereocenters. The SMILES string of the molecule is COC(=O)C(C)OC(=O)c1cc(F)c(F)cc1N. The van der Waals surface area contributed by atoms with Crippen LogP contribution in [0.4, 0.5) is 14.5 Å². The second-order valence-electron chi connectivity index (χ2n) is 3.42. The quantitative estimate of drug-likeness (QED) is 0.653. The van der Waals surface area contributed by atoms with E-state index >= 15 is 0 Å². The first-order valence-electron chi connectivity index (χ1n) is 4.90. The fourth-order valence-electron chi connectivity index (χ4n) is 1.18. The molecule has 18 heavy (non-hydrogen) atoms. The highest BCUT2D eigenvalue weighted by molar-refractivity contribution is 5.96. The fourth-order valence-corrected chi connectivity index (χ4v) is 1.18. The molecule has 0 amide bonds. The standard InChI is InChI=1S/C11H11F2NO4/c1-5(10(15)17-2)18-11(16)6-3-7(12)8(13)4-9(6)14/h3-5H,14H2,1-2H3. The normalized spacial score (nSPS) is 11.8. The number of carbonyl (C=O) groups excluding carboxylic acids is 2. The molecule has 0 saturated heterocycles. The predicted molar refractivity (Wildman–Crippen MR) is 57.7 cm³/mol. The average Bonchev–Trinajstić information content (AvgIpc) is 2.32. The van der Waals surface area contributed by atoms with E-state index in [1.165, 1.54) is 6.92 Å². The molecule has 0 aliphatic carbocycles. The van der Waals surface area contributed by atoms with Crippen LogP contribution >= 0.6 is 0 Å². The molecule has 5 nitrogen and oxygen atoms in total. The van der Waals surface area contributed by atoms with E-state index in [-0.39, 0.29) is 11.3 Å². The van der Waals surface area contributed by atoms with E-state index < -0.39 is 29.7 Å². The van der Waals surface area contributed by atoms with Gasteiger partial charge in [-0.3, -0.25) is 0 Å². The second-order valence-corrected chi connectivity index (χ2v) is 3.42. The van der Waals surface area contributed by atoms with Crippen molar-refractivity contribution in [1.82, 2.24) is 0 Å². The van der Waals surface area contributed by atoms with Crippen molar-refractivity contribution in [3.8, 4) is 0 Å². The zero-order chi connectivity index (χ0) is 13.9. The lowest BCUT2D eigenvalue weighted by Crippen LogP contribution is -2.25. The van der Waals surface area contributed by atoms with Gasteiger partial charge in [-0.05, 0) is 13.0 Å². The van der Waals surface area contributed by atoms with Gasteiger partial charge >= 0.3 is 11.9 Å². The summed E-state index contributed by atoms with van der Waals surface area (Å²) in [6, 6.07) is 1.27. The number of ether oxygens (including phenoxy) is 2. The maximum Gasteiger partial charge on any atom is 0.346 e. The first-order valence-corrected chi connectivity index (χ1v) is 4.90. The zero-order valence-electron chi connectivity index (χ0n) is 9.70. The Labute approximate surface area is 101 Å². The van der Waals surface area contributed by atoms with Crippen molar-refractivity contribution in [3.05, 3.63) is 29.3 Å². The van der Waals surface area contributed by atoms with Crippen molar-refractivity contribution in [2.45, 2.75) is 13.0 Å². The largest absolute Gasteiger partial charge is 0.466 e. The Hall–Kier alpha value is -2.18. The summed E-state index contributed by atoms with van der Waals surface area (Å²) < 4.78 is 34.8. The van der Waals surface area contributed by atoms with Crippen molar-refractivity contribution >= 4 is 17.6 Å². The number of hydrogen-bond acceptors (Lipinski definition) is 5. The van der Waals surface area contributed by atoms with Crippen LogP contribution in [0.15, 0.2) is 12.1 Å². The highest BCUT2D eigenvalue weighted by Crippen LogP contribution is 2.18. The van der Waals surface area contributed by atoms with Gasteiger partial charge in [-0.2, -0.15) is 0 Å². The lowest BCUT2D eigenvalue weighted by Gasteiger charge is -2.12. The number of carbonyl (C=O) groups is 2. The van der Waals surface area contributed by atoms with Crippen molar-refractivity contribution < 1.29 is 27.8 Å². The monoisotopic (exact) mass is 259 g/mol. The minimum Gasteiger partial charge on any atom is -0.466 e. The molecule has 1 atom stereocenters. The topological polar surface area (TPSA) is 78.6 Å². The van der Waals surface area contributed by atoms with Crippen LogP contribution in [-0.4, -0.2) is 25.2 Å². The van der Waals surface area contributed by atoms with Gasteiger partial charge in [-0.25, -0.2) is 18.4 Å². The molecule has 7 heteroatoms. The Morgan fingerprint density at radius 2 is 1.83 bits per heavy atom. The molecule has 0 fully saturated rings. The number of halogens is 2. The summed E-state index contributed by atoms with van der Waals surface area (Å²) in [6.45, 7) is 1.28. The summed E-state index contributed by atoms with van der Waals surface area (Å²) in [5.41, 5.74) is 4.71. The van der Waals surface area contributed by atoms with Gasteiger partial charge < -0.3 is 15.2 Å². The Kier molecular flexibility index (Phi) is 4.19. The number of esters is 2. The third kappa shape index (κ3) is 2.93. The zero-order valence-corrected chi connectivity index (χ0v) is 9.70. The molecule has 0 aliphatic rings. The molecule has 1 aromatic rings. The summed E-state index contributed by atoms with van der Waals surface area (Å²) in [5.74, 6) is -4.22. The lowest BCUT2D eigenvalue weighted by atomic mass is 10.1. The van der Waals surface area contributed by atoms with Crippen molar-refractivity contribution in [3.63, 3.8) is 0 Å². The van der Waals surface area contributed by atoms with Gasteiger partial charge in [-0.1, -0.05) is 0 Å². The van der Waals surface area contributed by atoms with Crippen LogP contribution in [-0.2, 0) is 14.3 Å². The maximum absolute atomic E-state index is 13.0. The minimum absolute atomic E-state index is 0.282. The molecular weight excluding hydrogens is 248 g/mol. The molecule has 2 N–H and O–H groups in total. The number of anilines is 1. The van der Waals surface area contributed by atoms with Crippen LogP contribution in [0.1, 0.15) is 17.3 Å². The summed E-state index contributed by atoms with van der Waals surface area (Å²) in [7, 11) is 1.12. The van der Waals surface area contributed by atoms with E-state index in [0.29, 0.717) is 12.1 Å². The van der Waals surface area contributed by atoms with E-state index in [4.69, 9.17) is 5.73 Å². The molecule has 0 radical (unpaired) electrons. The number of rotatable bonds is 3. The first-order chi connectivity index (χ1) is 8.36. The molecule has 0 saturated carbocycles. The Balaban J connectivity index is 2.91. The summed E-state index contributed by atoms with van der Waals surface area (Å²) >= 11 is 0. The summed E-state index contributed by atoms with van der Waals surface area (Å²) in [6.07, 6.45) is -1.17.